The number of nitrogens with two attached hydrogens (primary N) is 1. The van der Waals surface area contributed by atoms with E-state index in [1.165, 1.54) is 4.88 Å². The van der Waals surface area contributed by atoms with Crippen LogP contribution in [0.3, 0.4) is 0 Å². The minimum atomic E-state index is 0.233. The van der Waals surface area contributed by atoms with Crippen LogP contribution in [0.2, 0.25) is 0 Å². The molecule has 3 rings (SSSR count). The lowest BCUT2D eigenvalue weighted by Gasteiger charge is -2.09. The van der Waals surface area contributed by atoms with E-state index in [4.69, 9.17) is 5.73 Å². The van der Waals surface area contributed by atoms with E-state index in [0.717, 1.165) is 20.7 Å². The second-order valence-corrected chi connectivity index (χ2v) is 7.12. The zero-order valence-corrected chi connectivity index (χ0v) is 13.2. The number of para-hydroxylation sites is 2. The summed E-state index contributed by atoms with van der Waals surface area (Å²) in [7, 11) is 0. The molecule has 0 aliphatic carbocycles. The molecule has 0 saturated carbocycles. The molecule has 0 spiro atoms. The highest BCUT2D eigenvalue weighted by atomic mass is 79.9. The summed E-state index contributed by atoms with van der Waals surface area (Å²) in [6.07, 6.45) is 0. The fourth-order valence-electron chi connectivity index (χ4n) is 1.84. The number of hydrogen-bond acceptors (Lipinski definition) is 4. The van der Waals surface area contributed by atoms with Crippen LogP contribution < -0.4 is 5.73 Å². The Morgan fingerprint density at radius 3 is 2.95 bits per heavy atom. The minimum Gasteiger partial charge on any atom is -0.333 e. The fourth-order valence-corrected chi connectivity index (χ4v) is 4.46. The molecule has 0 saturated heterocycles. The van der Waals surface area contributed by atoms with Gasteiger partial charge in [0, 0.05) is 21.3 Å². The molecule has 0 aliphatic heterocycles. The van der Waals surface area contributed by atoms with Gasteiger partial charge in [0.25, 0.3) is 0 Å². The molecular weight excluding hydrogens is 342 g/mol. The van der Waals surface area contributed by atoms with Crippen molar-refractivity contribution in [2.45, 2.75) is 10.4 Å². The summed E-state index contributed by atoms with van der Waals surface area (Å²) >= 11 is 6.88. The van der Waals surface area contributed by atoms with Crippen LogP contribution in [0.4, 0.5) is 0 Å². The van der Waals surface area contributed by atoms with E-state index in [2.05, 4.69) is 37.3 Å². The van der Waals surface area contributed by atoms with Gasteiger partial charge in [0.05, 0.1) is 16.3 Å². The predicted octanol–water partition coefficient (Wildman–Crippen LogP) is 4.18. The van der Waals surface area contributed by atoms with Crippen LogP contribution in [0.25, 0.3) is 11.0 Å². The molecule has 0 aliphatic rings. The number of thioether (sulfide) groups is 1. The van der Waals surface area contributed by atoms with E-state index < -0.39 is 0 Å². The number of halogens is 1. The Hall–Kier alpha value is -0.820. The van der Waals surface area contributed by atoms with Crippen molar-refractivity contribution < 1.29 is 0 Å². The van der Waals surface area contributed by atoms with Gasteiger partial charge in [-0.25, -0.2) is 4.98 Å². The molecule has 3 N–H and O–H groups in total. The largest absolute Gasteiger partial charge is 0.333 e. The summed E-state index contributed by atoms with van der Waals surface area (Å²) in [5, 5.41) is 3.23. The van der Waals surface area contributed by atoms with Crippen molar-refractivity contribution in [3.8, 4) is 0 Å². The van der Waals surface area contributed by atoms with E-state index in [-0.39, 0.29) is 5.25 Å². The standard InChI is InChI=1S/C13H12BrN3S2/c14-8-5-11(18-7-8)12(6-15)19-13-16-9-3-1-2-4-10(9)17-13/h1-5,7,12H,6,15H2,(H,16,17). The first-order valence-electron chi connectivity index (χ1n) is 5.81. The zero-order valence-electron chi connectivity index (χ0n) is 9.97. The molecule has 19 heavy (non-hydrogen) atoms. The molecule has 0 fully saturated rings. The first-order valence-corrected chi connectivity index (χ1v) is 8.37. The molecule has 0 bridgehead atoms. The summed E-state index contributed by atoms with van der Waals surface area (Å²) in [6.45, 7) is 0.592. The van der Waals surface area contributed by atoms with Gasteiger partial charge in [0.2, 0.25) is 0 Å². The maximum atomic E-state index is 5.88. The number of aromatic nitrogens is 2. The molecule has 98 valence electrons. The molecule has 2 heterocycles. The van der Waals surface area contributed by atoms with Gasteiger partial charge in [-0.1, -0.05) is 23.9 Å². The van der Waals surface area contributed by atoms with Gasteiger partial charge < -0.3 is 10.7 Å². The van der Waals surface area contributed by atoms with Gasteiger partial charge in [0.1, 0.15) is 0 Å². The van der Waals surface area contributed by atoms with Crippen molar-refractivity contribution in [1.29, 1.82) is 0 Å². The number of imidazole rings is 1. The van der Waals surface area contributed by atoms with Crippen molar-refractivity contribution in [2.24, 2.45) is 5.73 Å². The van der Waals surface area contributed by atoms with Crippen LogP contribution in [-0.4, -0.2) is 16.5 Å². The number of nitrogens with one attached hydrogen (secondary N) is 1. The highest BCUT2D eigenvalue weighted by Crippen LogP contribution is 2.37. The SMILES string of the molecule is NCC(Sc1nc2ccccc2[nH]1)c1cc(Br)cs1. The fraction of sp³-hybridized carbons (Fsp3) is 0.154. The summed E-state index contributed by atoms with van der Waals surface area (Å²) in [6, 6.07) is 10.2. The van der Waals surface area contributed by atoms with Crippen LogP contribution in [-0.2, 0) is 0 Å². The number of fused-ring (bicyclic) bond motifs is 1. The van der Waals surface area contributed by atoms with Crippen LogP contribution >= 0.6 is 39.0 Å². The van der Waals surface area contributed by atoms with E-state index in [0.29, 0.717) is 6.54 Å². The third kappa shape index (κ3) is 2.86. The average molecular weight is 354 g/mol. The lowest BCUT2D eigenvalue weighted by molar-refractivity contribution is 0.945. The average Bonchev–Trinajstić information content (AvgIpc) is 3.01. The Morgan fingerprint density at radius 2 is 2.26 bits per heavy atom. The monoisotopic (exact) mass is 353 g/mol. The summed E-state index contributed by atoms with van der Waals surface area (Å²) < 4.78 is 1.11. The molecule has 3 aromatic rings. The summed E-state index contributed by atoms with van der Waals surface area (Å²) in [5.74, 6) is 0. The zero-order chi connectivity index (χ0) is 13.2. The number of benzene rings is 1. The molecule has 1 aromatic carbocycles. The first-order chi connectivity index (χ1) is 9.26. The molecule has 3 nitrogen and oxygen atoms in total. The number of rotatable bonds is 4. The topological polar surface area (TPSA) is 54.7 Å². The molecular formula is C13H12BrN3S2. The van der Waals surface area contributed by atoms with Crippen LogP contribution in [0, 0.1) is 0 Å². The lowest BCUT2D eigenvalue weighted by Crippen LogP contribution is -2.08. The van der Waals surface area contributed by atoms with Crippen molar-refractivity contribution in [3.05, 3.63) is 45.1 Å². The third-order valence-electron chi connectivity index (χ3n) is 2.74. The van der Waals surface area contributed by atoms with Crippen LogP contribution in [0.15, 0.2) is 45.3 Å². The molecule has 0 radical (unpaired) electrons. The Labute approximate surface area is 127 Å². The number of aromatic amines is 1. The van der Waals surface area contributed by atoms with E-state index in [1.807, 2.05) is 24.3 Å². The van der Waals surface area contributed by atoms with Crippen LogP contribution in [0.1, 0.15) is 10.1 Å². The van der Waals surface area contributed by atoms with Crippen molar-refractivity contribution in [1.82, 2.24) is 9.97 Å². The lowest BCUT2D eigenvalue weighted by atomic mass is 10.3. The molecule has 0 amide bonds. The minimum absolute atomic E-state index is 0.233. The van der Waals surface area contributed by atoms with E-state index in [9.17, 15) is 0 Å². The maximum Gasteiger partial charge on any atom is 0.167 e. The quantitative estimate of drug-likeness (QED) is 0.691. The first kappa shape index (κ1) is 13.2. The Kier molecular flexibility index (Phi) is 3.93. The van der Waals surface area contributed by atoms with Gasteiger partial charge >= 0.3 is 0 Å². The molecule has 1 unspecified atom stereocenters. The normalized spacial score (nSPS) is 12.9. The van der Waals surface area contributed by atoms with Crippen molar-refractivity contribution in [2.75, 3.05) is 6.54 Å². The molecule has 2 aromatic heterocycles. The van der Waals surface area contributed by atoms with Gasteiger partial charge in [0.15, 0.2) is 5.16 Å². The summed E-state index contributed by atoms with van der Waals surface area (Å²) in [4.78, 5) is 9.17. The van der Waals surface area contributed by atoms with Crippen molar-refractivity contribution in [3.63, 3.8) is 0 Å². The van der Waals surface area contributed by atoms with Gasteiger partial charge in [-0.15, -0.1) is 11.3 Å². The highest BCUT2D eigenvalue weighted by molar-refractivity contribution is 9.10. The van der Waals surface area contributed by atoms with E-state index >= 15 is 0 Å². The maximum absolute atomic E-state index is 5.88. The predicted molar refractivity (Wildman–Crippen MR) is 85.8 cm³/mol. The summed E-state index contributed by atoms with van der Waals surface area (Å²) in [5.41, 5.74) is 7.94. The smallest absolute Gasteiger partial charge is 0.167 e. The molecule has 6 heteroatoms. The second-order valence-electron chi connectivity index (χ2n) is 4.07. The second kappa shape index (κ2) is 5.66. The highest BCUT2D eigenvalue weighted by Gasteiger charge is 2.15. The number of H-pyrrole nitrogens is 1. The third-order valence-corrected chi connectivity index (χ3v) is 5.84. The molecule has 1 atom stereocenters. The number of thiophene rings is 1. The van der Waals surface area contributed by atoms with Crippen molar-refractivity contribution >= 4 is 50.1 Å². The Bertz CT molecular complexity index is 659. The van der Waals surface area contributed by atoms with E-state index in [1.54, 1.807) is 23.1 Å². The number of hydrogen-bond donors (Lipinski definition) is 2. The number of nitrogens with zero attached hydrogens (tertiary/aromatic N) is 1. The Morgan fingerprint density at radius 1 is 1.42 bits per heavy atom. The van der Waals surface area contributed by atoms with Gasteiger partial charge in [-0.05, 0) is 34.1 Å². The van der Waals surface area contributed by atoms with Gasteiger partial charge in [-0.2, -0.15) is 0 Å². The van der Waals surface area contributed by atoms with Crippen LogP contribution in [0.5, 0.6) is 0 Å². The van der Waals surface area contributed by atoms with Gasteiger partial charge in [-0.3, -0.25) is 0 Å². The Balaban J connectivity index is 1.86.